The third-order valence-electron chi connectivity index (χ3n) is 3.47. The van der Waals surface area contributed by atoms with E-state index in [1.807, 2.05) is 36.1 Å². The second kappa shape index (κ2) is 7.22. The number of anilines is 1. The maximum absolute atomic E-state index is 12.1. The van der Waals surface area contributed by atoms with Crippen LogP contribution in [0.15, 0.2) is 24.3 Å². The molecule has 5 nitrogen and oxygen atoms in total. The van der Waals surface area contributed by atoms with Crippen LogP contribution in [0.5, 0.6) is 0 Å². The van der Waals surface area contributed by atoms with Crippen LogP contribution in [0.4, 0.5) is 5.69 Å². The van der Waals surface area contributed by atoms with Crippen molar-refractivity contribution < 1.29 is 14.3 Å². The van der Waals surface area contributed by atoms with E-state index in [0.717, 1.165) is 24.1 Å². The first kappa shape index (κ1) is 15.5. The summed E-state index contributed by atoms with van der Waals surface area (Å²) < 4.78 is 4.96. The number of benzene rings is 1. The van der Waals surface area contributed by atoms with Crippen molar-refractivity contribution in [2.24, 2.45) is 0 Å². The number of esters is 1. The molecule has 114 valence electrons. The van der Waals surface area contributed by atoms with Crippen molar-refractivity contribution in [3.63, 3.8) is 0 Å². The van der Waals surface area contributed by atoms with E-state index < -0.39 is 0 Å². The summed E-state index contributed by atoms with van der Waals surface area (Å²) >= 11 is 0. The van der Waals surface area contributed by atoms with Gasteiger partial charge in [-0.25, -0.2) is 0 Å². The molecule has 0 unspecified atom stereocenters. The third-order valence-corrected chi connectivity index (χ3v) is 3.47. The van der Waals surface area contributed by atoms with Gasteiger partial charge in [0.05, 0.1) is 19.7 Å². The summed E-state index contributed by atoms with van der Waals surface area (Å²) in [6.45, 7) is 4.50. The number of carbonyl (C=O) groups is 2. The maximum Gasteiger partial charge on any atom is 0.320 e. The van der Waals surface area contributed by atoms with E-state index in [9.17, 15) is 9.59 Å². The van der Waals surface area contributed by atoms with Gasteiger partial charge in [-0.1, -0.05) is 18.2 Å². The van der Waals surface area contributed by atoms with Gasteiger partial charge in [0.25, 0.3) is 0 Å². The zero-order valence-corrected chi connectivity index (χ0v) is 12.6. The minimum Gasteiger partial charge on any atom is -0.465 e. The first-order valence-electron chi connectivity index (χ1n) is 7.35. The van der Waals surface area contributed by atoms with E-state index in [1.54, 1.807) is 6.92 Å². The SMILES string of the molecule is CCOC(=O)CN(CC(=O)Nc1ccccc1C)C1CC1. The lowest BCUT2D eigenvalue weighted by Gasteiger charge is -2.20. The Morgan fingerprint density at radius 2 is 2.00 bits per heavy atom. The summed E-state index contributed by atoms with van der Waals surface area (Å²) in [5.41, 5.74) is 1.84. The third kappa shape index (κ3) is 4.86. The van der Waals surface area contributed by atoms with Crippen LogP contribution in [0.3, 0.4) is 0 Å². The lowest BCUT2D eigenvalue weighted by Crippen LogP contribution is -2.39. The summed E-state index contributed by atoms with van der Waals surface area (Å²) in [6.07, 6.45) is 2.08. The Kier molecular flexibility index (Phi) is 5.33. The van der Waals surface area contributed by atoms with Crippen LogP contribution in [0.25, 0.3) is 0 Å². The van der Waals surface area contributed by atoms with Crippen molar-refractivity contribution in [2.75, 3.05) is 25.0 Å². The summed E-state index contributed by atoms with van der Waals surface area (Å²) in [7, 11) is 0. The largest absolute Gasteiger partial charge is 0.465 e. The molecule has 0 atom stereocenters. The van der Waals surface area contributed by atoms with Gasteiger partial charge >= 0.3 is 5.97 Å². The number of amides is 1. The minimum atomic E-state index is -0.270. The number of para-hydroxylation sites is 1. The van der Waals surface area contributed by atoms with Gasteiger partial charge in [0, 0.05) is 11.7 Å². The van der Waals surface area contributed by atoms with E-state index in [0.29, 0.717) is 12.6 Å². The van der Waals surface area contributed by atoms with Crippen LogP contribution < -0.4 is 5.32 Å². The number of carbonyl (C=O) groups excluding carboxylic acids is 2. The van der Waals surface area contributed by atoms with Crippen LogP contribution in [0.2, 0.25) is 0 Å². The second-order valence-corrected chi connectivity index (χ2v) is 5.30. The quantitative estimate of drug-likeness (QED) is 0.780. The highest BCUT2D eigenvalue weighted by molar-refractivity contribution is 5.93. The predicted molar refractivity (Wildman–Crippen MR) is 81.0 cm³/mol. The molecule has 5 heteroatoms. The predicted octanol–water partition coefficient (Wildman–Crippen LogP) is 1.96. The Morgan fingerprint density at radius 1 is 1.29 bits per heavy atom. The molecule has 0 spiro atoms. The zero-order chi connectivity index (χ0) is 15.2. The van der Waals surface area contributed by atoms with Crippen LogP contribution in [0, 0.1) is 6.92 Å². The summed E-state index contributed by atoms with van der Waals surface area (Å²) in [4.78, 5) is 25.6. The molecule has 1 fully saturated rings. The van der Waals surface area contributed by atoms with E-state index >= 15 is 0 Å². The molecule has 0 aliphatic heterocycles. The van der Waals surface area contributed by atoms with E-state index in [-0.39, 0.29) is 25.0 Å². The lowest BCUT2D eigenvalue weighted by molar-refractivity contribution is -0.144. The number of nitrogens with zero attached hydrogens (tertiary/aromatic N) is 1. The van der Waals surface area contributed by atoms with Crippen molar-refractivity contribution in [3.8, 4) is 0 Å². The fourth-order valence-electron chi connectivity index (χ4n) is 2.21. The fraction of sp³-hybridized carbons (Fsp3) is 0.500. The smallest absolute Gasteiger partial charge is 0.320 e. The first-order valence-corrected chi connectivity index (χ1v) is 7.35. The highest BCUT2D eigenvalue weighted by Gasteiger charge is 2.31. The molecular weight excluding hydrogens is 268 g/mol. The Balaban J connectivity index is 1.89. The molecule has 1 aliphatic carbocycles. The molecule has 1 aromatic carbocycles. The van der Waals surface area contributed by atoms with Crippen molar-refractivity contribution in [1.82, 2.24) is 4.90 Å². The summed E-state index contributed by atoms with van der Waals surface area (Å²) in [5, 5.41) is 2.90. The van der Waals surface area contributed by atoms with Crippen LogP contribution >= 0.6 is 0 Å². The van der Waals surface area contributed by atoms with E-state index in [1.165, 1.54) is 0 Å². The Hall–Kier alpha value is -1.88. The molecular formula is C16H22N2O3. The number of ether oxygens (including phenoxy) is 1. The topological polar surface area (TPSA) is 58.6 Å². The number of hydrogen-bond acceptors (Lipinski definition) is 4. The lowest BCUT2D eigenvalue weighted by atomic mass is 10.2. The molecule has 1 N–H and O–H groups in total. The molecule has 1 saturated carbocycles. The van der Waals surface area contributed by atoms with Gasteiger partial charge < -0.3 is 10.1 Å². The maximum atomic E-state index is 12.1. The molecule has 1 amide bonds. The van der Waals surface area contributed by atoms with Gasteiger partial charge in [0.15, 0.2) is 0 Å². The van der Waals surface area contributed by atoms with Gasteiger partial charge in [-0.3, -0.25) is 14.5 Å². The average molecular weight is 290 g/mol. The second-order valence-electron chi connectivity index (χ2n) is 5.30. The molecule has 1 aliphatic rings. The highest BCUT2D eigenvalue weighted by atomic mass is 16.5. The molecule has 2 rings (SSSR count). The van der Waals surface area contributed by atoms with Crippen LogP contribution in [-0.2, 0) is 14.3 Å². The molecule has 0 saturated heterocycles. The van der Waals surface area contributed by atoms with Crippen molar-refractivity contribution in [3.05, 3.63) is 29.8 Å². The number of rotatable bonds is 7. The van der Waals surface area contributed by atoms with E-state index in [2.05, 4.69) is 5.32 Å². The van der Waals surface area contributed by atoms with Crippen molar-refractivity contribution in [2.45, 2.75) is 32.7 Å². The first-order chi connectivity index (χ1) is 10.1. The van der Waals surface area contributed by atoms with Gasteiger partial charge in [0.2, 0.25) is 5.91 Å². The summed E-state index contributed by atoms with van der Waals surface area (Å²) in [5.74, 6) is -0.367. The molecule has 21 heavy (non-hydrogen) atoms. The van der Waals surface area contributed by atoms with Crippen LogP contribution in [0.1, 0.15) is 25.3 Å². The zero-order valence-electron chi connectivity index (χ0n) is 12.6. The van der Waals surface area contributed by atoms with Gasteiger partial charge in [-0.15, -0.1) is 0 Å². The number of aryl methyl sites for hydroxylation is 1. The molecule has 0 aromatic heterocycles. The average Bonchev–Trinajstić information content (AvgIpc) is 3.25. The molecule has 0 radical (unpaired) electrons. The van der Waals surface area contributed by atoms with Gasteiger partial charge in [-0.05, 0) is 38.3 Å². The Bertz CT molecular complexity index is 512. The number of hydrogen-bond donors (Lipinski definition) is 1. The number of nitrogens with one attached hydrogen (secondary N) is 1. The molecule has 1 aromatic rings. The van der Waals surface area contributed by atoms with Gasteiger partial charge in [0.1, 0.15) is 0 Å². The van der Waals surface area contributed by atoms with E-state index in [4.69, 9.17) is 4.74 Å². The van der Waals surface area contributed by atoms with Gasteiger partial charge in [-0.2, -0.15) is 0 Å². The monoisotopic (exact) mass is 290 g/mol. The molecule has 0 heterocycles. The molecule has 0 bridgehead atoms. The Morgan fingerprint density at radius 3 is 2.62 bits per heavy atom. The minimum absolute atomic E-state index is 0.0968. The fourth-order valence-corrected chi connectivity index (χ4v) is 2.21. The Labute approximate surface area is 125 Å². The normalized spacial score (nSPS) is 14.0. The van der Waals surface area contributed by atoms with Crippen molar-refractivity contribution in [1.29, 1.82) is 0 Å². The standard InChI is InChI=1S/C16H22N2O3/c1-3-21-16(20)11-18(13-8-9-13)10-15(19)17-14-7-5-4-6-12(14)2/h4-7,13H,3,8-11H2,1-2H3,(H,17,19). The van der Waals surface area contributed by atoms with Crippen LogP contribution in [-0.4, -0.2) is 42.5 Å². The summed E-state index contributed by atoms with van der Waals surface area (Å²) in [6, 6.07) is 7.98. The highest BCUT2D eigenvalue weighted by Crippen LogP contribution is 2.26. The van der Waals surface area contributed by atoms with Crippen molar-refractivity contribution >= 4 is 17.6 Å².